The molecule has 0 spiro atoms. The van der Waals surface area contributed by atoms with Crippen molar-refractivity contribution in [2.24, 2.45) is 10.7 Å². The summed E-state index contributed by atoms with van der Waals surface area (Å²) in [5.74, 6) is 1.13. The number of nitrogens with two attached hydrogens (primary N) is 1. The van der Waals surface area contributed by atoms with E-state index in [1.165, 1.54) is 4.90 Å². The summed E-state index contributed by atoms with van der Waals surface area (Å²) in [5.41, 5.74) is 5.10. The fourth-order valence-corrected chi connectivity index (χ4v) is 2.95. The number of carbonyl (C=O) groups excluding carboxylic acids is 2. The van der Waals surface area contributed by atoms with Gasteiger partial charge in [-0.1, -0.05) is 38.1 Å². The molecule has 8 heteroatoms. The molecule has 2 N–H and O–H groups in total. The largest absolute Gasteiger partial charge is 0.457 e. The molecule has 0 heterocycles. The molecule has 2 aromatic carbocycles. The van der Waals surface area contributed by atoms with Crippen LogP contribution in [-0.2, 0) is 9.53 Å². The van der Waals surface area contributed by atoms with E-state index in [4.69, 9.17) is 19.9 Å². The minimum Gasteiger partial charge on any atom is -0.457 e. The van der Waals surface area contributed by atoms with Gasteiger partial charge in [0, 0.05) is 6.54 Å². The molecule has 2 aromatic rings. The number of ether oxygens (including phenoxy) is 3. The van der Waals surface area contributed by atoms with Crippen molar-refractivity contribution >= 4 is 17.9 Å². The third-order valence-electron chi connectivity index (χ3n) is 4.45. The molecule has 2 rings (SSSR count). The lowest BCUT2D eigenvalue weighted by molar-refractivity contribution is -0.114. The van der Waals surface area contributed by atoms with Crippen molar-refractivity contribution < 1.29 is 23.8 Å². The summed E-state index contributed by atoms with van der Waals surface area (Å²) in [6, 6.07) is 16.3. The fraction of sp³-hybridized carbons (Fsp3) is 0.370. The van der Waals surface area contributed by atoms with Gasteiger partial charge in [0.05, 0.1) is 5.57 Å². The predicted octanol–water partition coefficient (Wildman–Crippen LogP) is 5.68. The number of amides is 2. The van der Waals surface area contributed by atoms with Gasteiger partial charge in [-0.3, -0.25) is 9.69 Å². The number of nitrogens with zero attached hydrogens (tertiary/aromatic N) is 2. The van der Waals surface area contributed by atoms with E-state index < -0.39 is 17.6 Å². The van der Waals surface area contributed by atoms with E-state index in [0.717, 1.165) is 0 Å². The molecule has 0 bridgehead atoms. The second-order valence-corrected chi connectivity index (χ2v) is 8.73. The molecular formula is C27H35N3O5. The minimum atomic E-state index is -0.672. The zero-order valence-corrected chi connectivity index (χ0v) is 21.1. The number of hydrogen-bond acceptors (Lipinski definition) is 6. The number of primary amides is 1. The standard InChI is InChI=1S/C27H35N3O5/c1-6-11-23(24(28)31)25(29-19-30(18-7-2)26(32)35-27(3,4)5)34-22-16-14-21(15-17-22)33-20-12-9-8-10-13-20/h8-17H,6-7,18-19H2,1-5H3,(H2,28,31)/b23-11-,29-25+. The number of benzene rings is 2. The quantitative estimate of drug-likeness (QED) is 0.267. The first-order chi connectivity index (χ1) is 16.6. The van der Waals surface area contributed by atoms with Crippen molar-refractivity contribution in [3.63, 3.8) is 0 Å². The Kier molecular flexibility index (Phi) is 10.3. The van der Waals surface area contributed by atoms with Crippen LogP contribution in [0.15, 0.2) is 71.2 Å². The van der Waals surface area contributed by atoms with Gasteiger partial charge in [0.25, 0.3) is 5.91 Å². The molecule has 0 radical (unpaired) electrons. The van der Waals surface area contributed by atoms with E-state index >= 15 is 0 Å². The van der Waals surface area contributed by atoms with E-state index in [1.807, 2.05) is 44.2 Å². The topological polar surface area (TPSA) is 103 Å². The van der Waals surface area contributed by atoms with Gasteiger partial charge in [0.1, 0.15) is 29.5 Å². The van der Waals surface area contributed by atoms with Gasteiger partial charge in [-0.2, -0.15) is 0 Å². The fourth-order valence-electron chi connectivity index (χ4n) is 2.95. The Hall–Kier alpha value is -3.81. The van der Waals surface area contributed by atoms with Gasteiger partial charge in [-0.25, -0.2) is 9.79 Å². The number of hydrogen-bond donors (Lipinski definition) is 1. The SMILES string of the molecule is CC/C=C(C(N)=O)\C(=N/CN(CCC)C(=O)OC(C)(C)C)Oc1ccc(Oc2ccccc2)cc1. The highest BCUT2D eigenvalue weighted by Crippen LogP contribution is 2.24. The molecule has 0 unspecified atom stereocenters. The number of allylic oxidation sites excluding steroid dienone is 1. The van der Waals surface area contributed by atoms with E-state index in [1.54, 1.807) is 51.1 Å². The molecule has 0 aliphatic rings. The van der Waals surface area contributed by atoms with Crippen molar-refractivity contribution in [2.75, 3.05) is 13.2 Å². The molecule has 35 heavy (non-hydrogen) atoms. The second-order valence-electron chi connectivity index (χ2n) is 8.73. The summed E-state index contributed by atoms with van der Waals surface area (Å²) in [7, 11) is 0. The van der Waals surface area contributed by atoms with Crippen LogP contribution in [0.3, 0.4) is 0 Å². The van der Waals surface area contributed by atoms with Crippen LogP contribution < -0.4 is 15.2 Å². The summed E-state index contributed by atoms with van der Waals surface area (Å²) in [4.78, 5) is 30.6. The number of aliphatic imine (C=N–C) groups is 1. The van der Waals surface area contributed by atoms with Gasteiger partial charge in [0.15, 0.2) is 0 Å². The second kappa shape index (κ2) is 13.2. The first-order valence-corrected chi connectivity index (χ1v) is 11.7. The van der Waals surface area contributed by atoms with Crippen LogP contribution in [0.1, 0.15) is 47.5 Å². The monoisotopic (exact) mass is 481 g/mol. The molecule has 0 saturated carbocycles. The van der Waals surface area contributed by atoms with E-state index in [2.05, 4.69) is 4.99 Å². The maximum absolute atomic E-state index is 12.6. The first kappa shape index (κ1) is 27.4. The molecule has 0 saturated heterocycles. The van der Waals surface area contributed by atoms with E-state index in [-0.39, 0.29) is 18.1 Å². The van der Waals surface area contributed by atoms with Crippen molar-refractivity contribution in [1.82, 2.24) is 4.90 Å². The molecule has 8 nitrogen and oxygen atoms in total. The van der Waals surface area contributed by atoms with Crippen LogP contribution >= 0.6 is 0 Å². The lowest BCUT2D eigenvalue weighted by Crippen LogP contribution is -2.38. The third kappa shape index (κ3) is 9.52. The molecule has 0 atom stereocenters. The average molecular weight is 482 g/mol. The zero-order valence-electron chi connectivity index (χ0n) is 21.1. The lowest BCUT2D eigenvalue weighted by Gasteiger charge is -2.26. The van der Waals surface area contributed by atoms with Crippen molar-refractivity contribution in [3.8, 4) is 17.2 Å². The van der Waals surface area contributed by atoms with Gasteiger partial charge in [-0.15, -0.1) is 0 Å². The molecular weight excluding hydrogens is 446 g/mol. The van der Waals surface area contributed by atoms with Crippen LogP contribution in [0, 0.1) is 0 Å². The maximum atomic E-state index is 12.6. The van der Waals surface area contributed by atoms with Gasteiger partial charge in [-0.05, 0) is 70.0 Å². The Morgan fingerprint density at radius 1 is 0.971 bits per heavy atom. The summed E-state index contributed by atoms with van der Waals surface area (Å²) < 4.78 is 17.2. The maximum Gasteiger partial charge on any atom is 0.411 e. The lowest BCUT2D eigenvalue weighted by atomic mass is 10.2. The Morgan fingerprint density at radius 2 is 1.57 bits per heavy atom. The van der Waals surface area contributed by atoms with E-state index in [9.17, 15) is 9.59 Å². The van der Waals surface area contributed by atoms with Crippen molar-refractivity contribution in [1.29, 1.82) is 0 Å². The van der Waals surface area contributed by atoms with Crippen LogP contribution in [0.2, 0.25) is 0 Å². The Labute approximate surface area is 207 Å². The van der Waals surface area contributed by atoms with Gasteiger partial charge in [0.2, 0.25) is 5.90 Å². The highest BCUT2D eigenvalue weighted by molar-refractivity contribution is 6.18. The summed E-state index contributed by atoms with van der Waals surface area (Å²) in [6.07, 6.45) is 2.41. The average Bonchev–Trinajstić information content (AvgIpc) is 2.80. The third-order valence-corrected chi connectivity index (χ3v) is 4.45. The van der Waals surface area contributed by atoms with Gasteiger partial charge >= 0.3 is 6.09 Å². The van der Waals surface area contributed by atoms with Crippen molar-refractivity contribution in [2.45, 2.75) is 53.1 Å². The van der Waals surface area contributed by atoms with Crippen LogP contribution in [0.5, 0.6) is 17.2 Å². The highest BCUT2D eigenvalue weighted by atomic mass is 16.6. The molecule has 0 aliphatic heterocycles. The molecule has 2 amide bonds. The molecule has 0 aromatic heterocycles. The van der Waals surface area contributed by atoms with Crippen molar-refractivity contribution in [3.05, 3.63) is 66.2 Å². The Bertz CT molecular complexity index is 1030. The number of carbonyl (C=O) groups is 2. The van der Waals surface area contributed by atoms with Crippen LogP contribution in [-0.4, -0.2) is 41.6 Å². The Balaban J connectivity index is 2.26. The molecule has 0 fully saturated rings. The number of para-hydroxylation sites is 1. The minimum absolute atomic E-state index is 0.0285. The smallest absolute Gasteiger partial charge is 0.411 e. The molecule has 188 valence electrons. The normalized spacial score (nSPS) is 12.1. The van der Waals surface area contributed by atoms with E-state index in [0.29, 0.717) is 36.6 Å². The highest BCUT2D eigenvalue weighted by Gasteiger charge is 2.23. The predicted molar refractivity (Wildman–Crippen MR) is 137 cm³/mol. The Morgan fingerprint density at radius 3 is 2.11 bits per heavy atom. The van der Waals surface area contributed by atoms with Crippen LogP contribution in [0.4, 0.5) is 4.79 Å². The summed E-state index contributed by atoms with van der Waals surface area (Å²) >= 11 is 0. The summed E-state index contributed by atoms with van der Waals surface area (Å²) in [5, 5.41) is 0. The first-order valence-electron chi connectivity index (χ1n) is 11.7. The van der Waals surface area contributed by atoms with Crippen LogP contribution in [0.25, 0.3) is 0 Å². The number of rotatable bonds is 10. The molecule has 0 aliphatic carbocycles. The van der Waals surface area contributed by atoms with Gasteiger partial charge < -0.3 is 19.9 Å². The zero-order chi connectivity index (χ0) is 25.8. The summed E-state index contributed by atoms with van der Waals surface area (Å²) in [6.45, 7) is 9.60.